The minimum atomic E-state index is -0.318. The second-order valence-electron chi connectivity index (χ2n) is 4.27. The van der Waals surface area contributed by atoms with Gasteiger partial charge in [0.05, 0.1) is 0 Å². The third-order valence-corrected chi connectivity index (χ3v) is 2.75. The number of aryl methyl sites for hydroxylation is 1. The predicted molar refractivity (Wildman–Crippen MR) is 68.6 cm³/mol. The molecule has 0 N–H and O–H groups in total. The Kier molecular flexibility index (Phi) is 4.88. The van der Waals surface area contributed by atoms with Gasteiger partial charge in [-0.05, 0) is 13.3 Å². The maximum atomic E-state index is 11.9. The van der Waals surface area contributed by atoms with Crippen LogP contribution in [0.3, 0.4) is 0 Å². The summed E-state index contributed by atoms with van der Waals surface area (Å²) in [6.07, 6.45) is 2.31. The second kappa shape index (κ2) is 6.18. The lowest BCUT2D eigenvalue weighted by Gasteiger charge is -2.11. The summed E-state index contributed by atoms with van der Waals surface area (Å²) in [5.74, 6) is -0.00482. The lowest BCUT2D eigenvalue weighted by atomic mass is 10.3. The summed E-state index contributed by atoms with van der Waals surface area (Å²) in [7, 11) is 3.36. The Balaban J connectivity index is 2.77. The van der Waals surface area contributed by atoms with Gasteiger partial charge in [0.25, 0.3) is 5.56 Å². The zero-order chi connectivity index (χ0) is 13.7. The van der Waals surface area contributed by atoms with Gasteiger partial charge in [-0.15, -0.1) is 0 Å². The zero-order valence-electron chi connectivity index (χ0n) is 11.0. The topological polar surface area (TPSA) is 64.3 Å². The molecule has 0 atom stereocenters. The molecule has 0 spiro atoms. The first kappa shape index (κ1) is 14.2. The van der Waals surface area contributed by atoms with Crippen molar-refractivity contribution in [2.45, 2.75) is 32.9 Å². The first-order valence-corrected chi connectivity index (χ1v) is 5.97. The molecule has 1 rings (SSSR count). The number of aromatic nitrogens is 2. The molecular weight excluding hydrogens is 234 g/mol. The van der Waals surface area contributed by atoms with Crippen LogP contribution in [-0.2, 0) is 17.9 Å². The highest BCUT2D eigenvalue weighted by atomic mass is 16.2. The first-order chi connectivity index (χ1) is 8.47. The van der Waals surface area contributed by atoms with Crippen molar-refractivity contribution in [1.82, 2.24) is 14.0 Å². The highest BCUT2D eigenvalue weighted by Crippen LogP contribution is 1.94. The van der Waals surface area contributed by atoms with Crippen LogP contribution in [0, 0.1) is 0 Å². The molecule has 0 aliphatic rings. The minimum absolute atomic E-state index is 0.00482. The molecule has 18 heavy (non-hydrogen) atoms. The van der Waals surface area contributed by atoms with Gasteiger partial charge in [0.2, 0.25) is 5.91 Å². The predicted octanol–water partition coefficient (Wildman–Crippen LogP) is -0.102. The second-order valence-corrected chi connectivity index (χ2v) is 4.27. The quantitative estimate of drug-likeness (QED) is 0.736. The van der Waals surface area contributed by atoms with Crippen LogP contribution >= 0.6 is 0 Å². The van der Waals surface area contributed by atoms with Gasteiger partial charge < -0.3 is 9.47 Å². The van der Waals surface area contributed by atoms with Crippen molar-refractivity contribution in [1.29, 1.82) is 0 Å². The number of carbonyl (C=O) groups is 1. The molecule has 0 saturated carbocycles. The molecule has 0 fully saturated rings. The molecule has 0 radical (unpaired) electrons. The minimum Gasteiger partial charge on any atom is -0.349 e. The Bertz CT molecular complexity index is 528. The van der Waals surface area contributed by atoms with E-state index in [4.69, 9.17) is 0 Å². The van der Waals surface area contributed by atoms with Crippen molar-refractivity contribution in [2.24, 2.45) is 0 Å². The summed E-state index contributed by atoms with van der Waals surface area (Å²) in [5, 5.41) is 0. The van der Waals surface area contributed by atoms with E-state index < -0.39 is 0 Å². The molecule has 6 heteroatoms. The first-order valence-electron chi connectivity index (χ1n) is 5.97. The smallest absolute Gasteiger partial charge is 0.330 e. The van der Waals surface area contributed by atoms with E-state index in [0.29, 0.717) is 19.4 Å². The molecule has 100 valence electrons. The van der Waals surface area contributed by atoms with Crippen molar-refractivity contribution in [3.8, 4) is 0 Å². The summed E-state index contributed by atoms with van der Waals surface area (Å²) < 4.78 is 2.64. The van der Waals surface area contributed by atoms with Crippen LogP contribution in [0.2, 0.25) is 0 Å². The van der Waals surface area contributed by atoms with Gasteiger partial charge in [-0.2, -0.15) is 0 Å². The van der Waals surface area contributed by atoms with Gasteiger partial charge in [0.1, 0.15) is 0 Å². The van der Waals surface area contributed by atoms with Crippen LogP contribution in [0.4, 0.5) is 0 Å². The molecule has 1 aromatic rings. The van der Waals surface area contributed by atoms with Crippen LogP contribution in [0.15, 0.2) is 21.9 Å². The van der Waals surface area contributed by atoms with Crippen LogP contribution in [0.25, 0.3) is 0 Å². The maximum Gasteiger partial charge on any atom is 0.330 e. The van der Waals surface area contributed by atoms with Gasteiger partial charge in [-0.1, -0.05) is 0 Å². The van der Waals surface area contributed by atoms with Crippen molar-refractivity contribution in [3.63, 3.8) is 0 Å². The summed E-state index contributed by atoms with van der Waals surface area (Å²) >= 11 is 0. The van der Waals surface area contributed by atoms with E-state index in [1.807, 2.05) is 6.92 Å². The van der Waals surface area contributed by atoms with Crippen LogP contribution in [-0.4, -0.2) is 34.0 Å². The molecule has 0 aliphatic carbocycles. The largest absolute Gasteiger partial charge is 0.349 e. The van der Waals surface area contributed by atoms with Gasteiger partial charge in [0.15, 0.2) is 0 Å². The molecule has 0 unspecified atom stereocenters. The number of hydrogen-bond acceptors (Lipinski definition) is 3. The van der Waals surface area contributed by atoms with Crippen molar-refractivity contribution in [3.05, 3.63) is 33.1 Å². The Labute approximate surface area is 105 Å². The molecule has 0 aromatic carbocycles. The fourth-order valence-electron chi connectivity index (χ4n) is 1.62. The zero-order valence-corrected chi connectivity index (χ0v) is 11.0. The third-order valence-electron chi connectivity index (χ3n) is 2.75. The van der Waals surface area contributed by atoms with Gasteiger partial charge in [-0.3, -0.25) is 14.2 Å². The molecular formula is C12H19N3O3. The van der Waals surface area contributed by atoms with Crippen LogP contribution in [0.5, 0.6) is 0 Å². The number of hydrogen-bond donors (Lipinski definition) is 0. The normalized spacial score (nSPS) is 10.4. The highest BCUT2D eigenvalue weighted by molar-refractivity contribution is 5.75. The summed E-state index contributed by atoms with van der Waals surface area (Å²) in [6.45, 7) is 2.64. The molecule has 0 aliphatic heterocycles. The number of nitrogens with zero attached hydrogens (tertiary/aromatic N) is 3. The molecule has 0 bridgehead atoms. The highest BCUT2D eigenvalue weighted by Gasteiger charge is 2.07. The van der Waals surface area contributed by atoms with E-state index in [9.17, 15) is 14.4 Å². The fraction of sp³-hybridized carbons (Fsp3) is 0.583. The number of amides is 1. The molecule has 1 heterocycles. The van der Waals surface area contributed by atoms with E-state index in [2.05, 4.69) is 0 Å². The Hall–Kier alpha value is -1.85. The SMILES string of the molecule is CCn1ccc(=O)n(CCCC(=O)N(C)C)c1=O. The average Bonchev–Trinajstić information content (AvgIpc) is 2.33. The molecule has 1 aromatic heterocycles. The fourth-order valence-corrected chi connectivity index (χ4v) is 1.62. The molecule has 6 nitrogen and oxygen atoms in total. The molecule has 1 amide bonds. The van der Waals surface area contributed by atoms with E-state index in [1.54, 1.807) is 14.1 Å². The van der Waals surface area contributed by atoms with Gasteiger partial charge in [0, 0.05) is 45.9 Å². The lowest BCUT2D eigenvalue weighted by molar-refractivity contribution is -0.128. The summed E-state index contributed by atoms with van der Waals surface area (Å²) in [6, 6.07) is 1.37. The maximum absolute atomic E-state index is 11.9. The monoisotopic (exact) mass is 253 g/mol. The van der Waals surface area contributed by atoms with Gasteiger partial charge in [-0.25, -0.2) is 4.79 Å². The van der Waals surface area contributed by atoms with Gasteiger partial charge >= 0.3 is 5.69 Å². The van der Waals surface area contributed by atoms with E-state index >= 15 is 0 Å². The lowest BCUT2D eigenvalue weighted by Crippen LogP contribution is -2.39. The Morgan fingerprint density at radius 1 is 1.33 bits per heavy atom. The van der Waals surface area contributed by atoms with Crippen LogP contribution in [0.1, 0.15) is 19.8 Å². The van der Waals surface area contributed by atoms with Crippen molar-refractivity contribution >= 4 is 5.91 Å². The van der Waals surface area contributed by atoms with Crippen LogP contribution < -0.4 is 11.2 Å². The Morgan fingerprint density at radius 3 is 2.56 bits per heavy atom. The average molecular weight is 253 g/mol. The molecule has 0 saturated heterocycles. The third kappa shape index (κ3) is 3.32. The number of carbonyl (C=O) groups excluding carboxylic acids is 1. The van der Waals surface area contributed by atoms with Crippen molar-refractivity contribution < 1.29 is 4.79 Å². The number of rotatable bonds is 5. The standard InChI is InChI=1S/C12H19N3O3/c1-4-14-9-7-11(17)15(12(14)18)8-5-6-10(16)13(2)3/h7,9H,4-6,8H2,1-3H3. The summed E-state index contributed by atoms with van der Waals surface area (Å²) in [4.78, 5) is 36.3. The van der Waals surface area contributed by atoms with E-state index in [-0.39, 0.29) is 23.7 Å². The van der Waals surface area contributed by atoms with E-state index in [1.165, 1.54) is 26.3 Å². The van der Waals surface area contributed by atoms with Crippen molar-refractivity contribution in [2.75, 3.05) is 14.1 Å². The summed E-state index contributed by atoms with van der Waals surface area (Å²) in [5.41, 5.74) is -0.635. The Morgan fingerprint density at radius 2 is 2.00 bits per heavy atom. The van der Waals surface area contributed by atoms with E-state index in [0.717, 1.165) is 0 Å².